The number of nitrogens with one attached hydrogen (secondary N) is 13. The van der Waals surface area contributed by atoms with E-state index in [9.17, 15) is 4.79 Å². The van der Waals surface area contributed by atoms with Crippen LogP contribution in [-0.2, 0) is 0 Å². The van der Waals surface area contributed by atoms with Crippen LogP contribution in [0.2, 0.25) is 0 Å². The highest BCUT2D eigenvalue weighted by Crippen LogP contribution is 2.07. The molecule has 338 valence electrons. The first-order valence-corrected chi connectivity index (χ1v) is 20.1. The molecule has 29 heteroatoms. The fourth-order valence-corrected chi connectivity index (χ4v) is 4.63. The van der Waals surface area contributed by atoms with Crippen LogP contribution in [0.1, 0.15) is 46.5 Å². The Morgan fingerprint density at radius 2 is 1.28 bits per heavy atom. The van der Waals surface area contributed by atoms with Crippen LogP contribution in [0.25, 0.3) is 0 Å². The number of aromatic nitrogens is 10. The number of hydrogen-bond acceptors (Lipinski definition) is 15. The first kappa shape index (κ1) is 58.4. The van der Waals surface area contributed by atoms with Crippen LogP contribution in [0.3, 0.4) is 0 Å². The lowest BCUT2D eigenvalue weighted by Crippen LogP contribution is -2.22. The predicted octanol–water partition coefficient (Wildman–Crippen LogP) is 2.90. The molecule has 0 unspecified atom stereocenters. The Balaban J connectivity index is 0.000000389. The van der Waals surface area contributed by atoms with Crippen molar-refractivity contribution in [2.45, 2.75) is 55.4 Å². The molecule has 7 aromatic heterocycles. The molecule has 0 bridgehead atoms. The summed E-state index contributed by atoms with van der Waals surface area (Å²) in [7, 11) is 40.5. The molecule has 0 fully saturated rings. The van der Waals surface area contributed by atoms with Gasteiger partial charge in [-0.05, 0) is 109 Å². The van der Waals surface area contributed by atoms with Crippen LogP contribution in [0.4, 0.5) is 40.6 Å². The molecule has 0 spiro atoms. The highest BCUT2D eigenvalue weighted by atomic mass is 16.1. The molecule has 13 N–H and O–H groups in total. The maximum atomic E-state index is 10.7. The Labute approximate surface area is 408 Å². The van der Waals surface area contributed by atoms with Crippen LogP contribution in [0, 0.1) is 48.5 Å². The third kappa shape index (κ3) is 25.8. The van der Waals surface area contributed by atoms with Crippen molar-refractivity contribution in [3.05, 3.63) is 129 Å². The number of rotatable bonds is 7. The molecule has 1 aliphatic rings. The molecule has 8 heterocycles. The van der Waals surface area contributed by atoms with Crippen LogP contribution < -0.4 is 47.5 Å². The van der Waals surface area contributed by atoms with Crippen molar-refractivity contribution in [2.24, 2.45) is 9.90 Å². The van der Waals surface area contributed by atoms with E-state index < -0.39 is 0 Å². The summed E-state index contributed by atoms with van der Waals surface area (Å²) in [5.74, 6) is 6.74. The average molecular weight is 903 g/mol. The number of H-pyrrole nitrogens is 5. The molecule has 0 amide bonds. The van der Waals surface area contributed by atoms with Crippen molar-refractivity contribution in [2.75, 3.05) is 43.1 Å². The molecule has 0 atom stereocenters. The van der Waals surface area contributed by atoms with Gasteiger partial charge in [-0.1, -0.05) is 0 Å². The maximum absolute atomic E-state index is 10.7. The van der Waals surface area contributed by atoms with E-state index in [4.69, 9.17) is 63.8 Å². The average Bonchev–Trinajstić information content (AvgIpc) is 4.21. The second-order valence-electron chi connectivity index (χ2n) is 13.8. The Kier molecular flexibility index (Phi) is 29.1. The Hall–Kier alpha value is -7.58. The summed E-state index contributed by atoms with van der Waals surface area (Å²) in [5.41, 5.74) is 6.87. The number of aromatic amines is 5. The van der Waals surface area contributed by atoms with Crippen LogP contribution in [-0.4, -0.2) is 132 Å². The zero-order valence-electron chi connectivity index (χ0n) is 39.4. The van der Waals surface area contributed by atoms with Gasteiger partial charge in [0.1, 0.15) is 34.9 Å². The van der Waals surface area contributed by atoms with Gasteiger partial charge in [0.25, 0.3) is 7.98 Å². The highest BCUT2D eigenvalue weighted by Gasteiger charge is 2.03. The van der Waals surface area contributed by atoms with Crippen molar-refractivity contribution in [1.29, 1.82) is 0 Å². The number of hydrogen-bond donors (Lipinski definition) is 13. The molecule has 8 rings (SSSR count). The van der Waals surface area contributed by atoms with Gasteiger partial charge in [-0.3, -0.25) is 25.0 Å². The lowest BCUT2D eigenvalue weighted by atomic mass is 10.3. The number of imidazole rings is 1. The van der Waals surface area contributed by atoms with Crippen LogP contribution >= 0.6 is 0 Å². The number of nitrogens with zero attached hydrogens (tertiary/aromatic N) is 7. The molecule has 21 nitrogen and oxygen atoms in total. The largest absolute Gasteiger partial charge is 0.437 e. The summed E-state index contributed by atoms with van der Waals surface area (Å²) < 4.78 is 0. The fraction of sp³-hybridized carbons (Fsp3) is 0.231. The molecule has 0 aromatic carbocycles. The van der Waals surface area contributed by atoms with Crippen LogP contribution in [0.5, 0.6) is 0 Å². The van der Waals surface area contributed by atoms with Gasteiger partial charge >= 0.3 is 0 Å². The van der Waals surface area contributed by atoms with Gasteiger partial charge in [0, 0.05) is 52.9 Å². The Morgan fingerprint density at radius 3 is 1.62 bits per heavy atom. The molecule has 68 heavy (non-hydrogen) atoms. The summed E-state index contributed by atoms with van der Waals surface area (Å²) in [6, 6.07) is 16.4. The lowest BCUT2D eigenvalue weighted by Gasteiger charge is -1.98. The smallest absolute Gasteiger partial charge is 0.261 e. The SMILES string of the molecule is [B]N=C1CN=C(C)N1.[B]Nc1[nH]ncc1C.[B]Nc1cc(C)[nH]n1.[B]Nc1cc(C)cc(=O)[nH]1.[B]Nc1cc(C)ccn1.[B]Nc1ccc(C)[nH]1.[B]Nc1ccnc(C)c1.[B]Nc1cnc(C)[nH]1. The molecular weight excluding hydrogens is 851 g/mol. The zero-order valence-corrected chi connectivity index (χ0v) is 39.4. The number of pyridine rings is 3. The fourth-order valence-electron chi connectivity index (χ4n) is 4.63. The summed E-state index contributed by atoms with van der Waals surface area (Å²) in [5, 5.41) is 32.9. The second kappa shape index (κ2) is 33.8. The quantitative estimate of drug-likeness (QED) is 0.103. The number of amidine groups is 2. The van der Waals surface area contributed by atoms with Crippen molar-refractivity contribution >= 4 is 116 Å². The number of anilines is 7. The number of aliphatic imine (C=N–C) groups is 1. The Morgan fingerprint density at radius 1 is 0.588 bits per heavy atom. The summed E-state index contributed by atoms with van der Waals surface area (Å²) >= 11 is 0. The van der Waals surface area contributed by atoms with Crippen molar-refractivity contribution in [3.63, 3.8) is 0 Å². The molecule has 0 saturated carbocycles. The molecule has 7 aromatic rings. The van der Waals surface area contributed by atoms with Crippen molar-refractivity contribution in [3.8, 4) is 0 Å². The van der Waals surface area contributed by atoms with Gasteiger partial charge in [0.2, 0.25) is 61.4 Å². The first-order valence-electron chi connectivity index (χ1n) is 20.1. The van der Waals surface area contributed by atoms with E-state index in [2.05, 4.69) is 102 Å². The first-order chi connectivity index (χ1) is 32.5. The predicted molar refractivity (Wildman–Crippen MR) is 285 cm³/mol. The second-order valence-corrected chi connectivity index (χ2v) is 13.8. The van der Waals surface area contributed by atoms with Gasteiger partial charge in [0.15, 0.2) is 0 Å². The maximum Gasteiger partial charge on any atom is 0.261 e. The third-order valence-corrected chi connectivity index (χ3v) is 7.89. The van der Waals surface area contributed by atoms with E-state index in [1.165, 1.54) is 6.07 Å². The van der Waals surface area contributed by atoms with Gasteiger partial charge in [-0.25, -0.2) is 9.97 Å². The van der Waals surface area contributed by atoms with E-state index in [-0.39, 0.29) is 5.56 Å². The summed E-state index contributed by atoms with van der Waals surface area (Å²) in [4.78, 5) is 38.3. The molecular formula is C39H52B8N20O. The van der Waals surface area contributed by atoms with Crippen LogP contribution in [0.15, 0.2) is 94.1 Å². The number of aryl methyl sites for hydroxylation is 7. The third-order valence-electron chi connectivity index (χ3n) is 7.89. The lowest BCUT2D eigenvalue weighted by molar-refractivity contribution is 1.05. The van der Waals surface area contributed by atoms with Gasteiger partial charge in [0.05, 0.1) is 36.4 Å². The van der Waals surface area contributed by atoms with E-state index in [0.717, 1.165) is 74.4 Å². The summed E-state index contributed by atoms with van der Waals surface area (Å²) in [6.45, 7) is 15.9. The van der Waals surface area contributed by atoms with E-state index >= 15 is 0 Å². The van der Waals surface area contributed by atoms with E-state index in [1.807, 2.05) is 97.9 Å². The monoisotopic (exact) mass is 905 g/mol. The molecule has 1 aliphatic heterocycles. The van der Waals surface area contributed by atoms with Crippen molar-refractivity contribution < 1.29 is 0 Å². The molecule has 0 saturated heterocycles. The minimum absolute atomic E-state index is 0.145. The van der Waals surface area contributed by atoms with E-state index in [0.29, 0.717) is 24.0 Å². The topological polar surface area (TPSA) is 281 Å². The van der Waals surface area contributed by atoms with Gasteiger partial charge in [-0.2, -0.15) is 10.2 Å². The highest BCUT2D eigenvalue weighted by molar-refractivity contribution is 6.18. The van der Waals surface area contributed by atoms with E-state index in [1.54, 1.807) is 30.9 Å². The van der Waals surface area contributed by atoms with Gasteiger partial charge < -0.3 is 61.8 Å². The standard InChI is InChI=1S/C6H7BN2O.2C6H7BN2.C5H7BN2.4C4H6BN3/c1-4-2-5(9-7)8-6(10)3-4;1-5-4-6(9-7)2-3-8-5;1-5-2-3-8-6(4-5)9-7;1-4-2-3-5(7-4)8-6;2*1-3-6-2-4(7-3)8-5;1-3-2-6-8-4(3)7-5;1-3-2-4(6-5)8-7-3/h2-3H,1H3,(H2,8,9,10);2*2-4H,1H3,(H,8,9);2-3,7-8H,1H3;2H2,1H3,(H,6,7,8);2,8H,1H3,(H,6,7);2*2H,1H3,(H2,6,7,8). The zero-order chi connectivity index (χ0) is 50.9. The van der Waals surface area contributed by atoms with Crippen molar-refractivity contribution in [1.82, 2.24) is 55.6 Å². The normalized spacial score (nSPS) is 10.8. The minimum atomic E-state index is -0.145. The van der Waals surface area contributed by atoms with Gasteiger partial charge in [-0.15, -0.1) is 0 Å². The summed E-state index contributed by atoms with van der Waals surface area (Å²) in [6.07, 6.45) is 6.76. The minimum Gasteiger partial charge on any atom is -0.437 e. The molecule has 16 radical (unpaired) electrons. The molecule has 0 aliphatic carbocycles. The Bertz CT molecular complexity index is 2420.